The van der Waals surface area contributed by atoms with Crippen molar-refractivity contribution in [2.75, 3.05) is 13.1 Å². The molecule has 1 aliphatic rings. The lowest BCUT2D eigenvalue weighted by molar-refractivity contribution is 0.0697. The molecule has 2 heterocycles. The van der Waals surface area contributed by atoms with Crippen molar-refractivity contribution >= 4 is 27.3 Å². The van der Waals surface area contributed by atoms with Gasteiger partial charge in [-0.1, -0.05) is 20.3 Å². The van der Waals surface area contributed by atoms with Crippen LogP contribution in [0.3, 0.4) is 0 Å². The molecule has 7 heteroatoms. The molecule has 0 saturated carbocycles. The minimum atomic E-state index is -3.54. The van der Waals surface area contributed by atoms with Crippen molar-refractivity contribution in [1.29, 1.82) is 0 Å². The van der Waals surface area contributed by atoms with Gasteiger partial charge in [0, 0.05) is 18.5 Å². The molecule has 0 aromatic carbocycles. The number of carboxylic acid groups (broad SMARTS) is 1. The Bertz CT molecular complexity index is 598. The first-order chi connectivity index (χ1) is 9.28. The average molecular weight is 317 g/mol. The van der Waals surface area contributed by atoms with E-state index in [1.54, 1.807) is 0 Å². The molecule has 0 amide bonds. The predicted molar refractivity (Wildman–Crippen MR) is 77.7 cm³/mol. The van der Waals surface area contributed by atoms with Crippen LogP contribution in [0.1, 0.15) is 43.5 Å². The van der Waals surface area contributed by atoms with Crippen LogP contribution in [0.5, 0.6) is 0 Å². The smallest absolute Gasteiger partial charge is 0.336 e. The van der Waals surface area contributed by atoms with E-state index >= 15 is 0 Å². The highest BCUT2D eigenvalue weighted by molar-refractivity contribution is 7.91. The lowest BCUT2D eigenvalue weighted by Crippen LogP contribution is -2.41. The molecule has 5 nitrogen and oxygen atoms in total. The fourth-order valence-corrected chi connectivity index (χ4v) is 5.06. The van der Waals surface area contributed by atoms with Gasteiger partial charge in [-0.05, 0) is 24.3 Å². The largest absolute Gasteiger partial charge is 0.478 e. The van der Waals surface area contributed by atoms with Crippen LogP contribution in [0.15, 0.2) is 15.7 Å². The summed E-state index contributed by atoms with van der Waals surface area (Å²) in [6, 6.07) is 1.25. The molecule has 2 rings (SSSR count). The van der Waals surface area contributed by atoms with Crippen LogP contribution >= 0.6 is 11.3 Å². The van der Waals surface area contributed by atoms with Crippen molar-refractivity contribution in [3.05, 3.63) is 17.0 Å². The Morgan fingerprint density at radius 2 is 2.05 bits per heavy atom. The van der Waals surface area contributed by atoms with Gasteiger partial charge in [0.1, 0.15) is 4.21 Å². The van der Waals surface area contributed by atoms with E-state index in [9.17, 15) is 13.2 Å². The molecule has 20 heavy (non-hydrogen) atoms. The molecule has 0 bridgehead atoms. The topological polar surface area (TPSA) is 74.7 Å². The first-order valence-electron chi connectivity index (χ1n) is 6.60. The van der Waals surface area contributed by atoms with Crippen molar-refractivity contribution in [3.8, 4) is 0 Å². The Hall–Kier alpha value is -0.920. The molecular weight excluding hydrogens is 298 g/mol. The van der Waals surface area contributed by atoms with Gasteiger partial charge < -0.3 is 5.11 Å². The molecule has 1 N–H and O–H groups in total. The summed E-state index contributed by atoms with van der Waals surface area (Å²) in [5.41, 5.74) is 0.247. The summed E-state index contributed by atoms with van der Waals surface area (Å²) in [5.74, 6) is -1.10. The number of sulfonamides is 1. The van der Waals surface area contributed by atoms with E-state index in [-0.39, 0.29) is 15.2 Å². The second kappa shape index (κ2) is 5.46. The van der Waals surface area contributed by atoms with Crippen LogP contribution in [0.25, 0.3) is 0 Å². The number of hydrogen-bond donors (Lipinski definition) is 1. The number of hydrogen-bond acceptors (Lipinski definition) is 4. The Morgan fingerprint density at radius 1 is 1.45 bits per heavy atom. The van der Waals surface area contributed by atoms with Gasteiger partial charge in [0.2, 0.25) is 0 Å². The molecule has 1 aromatic heterocycles. The fourth-order valence-electron chi connectivity index (χ4n) is 2.31. The SMILES string of the molecule is CCC1(C)CCN(S(=O)(=O)c2cc(C(=O)O)cs2)CC1. The standard InChI is InChI=1S/C13H19NO4S2/c1-3-13(2)4-6-14(7-5-13)20(17,18)11-8-10(9-19-11)12(15)16/h8-9H,3-7H2,1-2H3,(H,15,16). The monoisotopic (exact) mass is 317 g/mol. The molecule has 1 saturated heterocycles. The third kappa shape index (κ3) is 2.89. The van der Waals surface area contributed by atoms with E-state index in [0.29, 0.717) is 13.1 Å². The highest BCUT2D eigenvalue weighted by Gasteiger charge is 2.35. The van der Waals surface area contributed by atoms with Crippen LogP contribution in [0, 0.1) is 5.41 Å². The highest BCUT2D eigenvalue weighted by atomic mass is 32.2. The van der Waals surface area contributed by atoms with Crippen LogP contribution in [-0.2, 0) is 10.0 Å². The van der Waals surface area contributed by atoms with Gasteiger partial charge in [-0.25, -0.2) is 13.2 Å². The Labute approximate surface area is 123 Å². The van der Waals surface area contributed by atoms with Crippen molar-refractivity contribution in [1.82, 2.24) is 4.31 Å². The summed E-state index contributed by atoms with van der Waals surface area (Å²) < 4.78 is 26.5. The first-order valence-corrected chi connectivity index (χ1v) is 8.92. The number of piperidine rings is 1. The molecule has 0 atom stereocenters. The second-order valence-corrected chi connectivity index (χ2v) is 8.60. The Balaban J connectivity index is 2.17. The molecule has 112 valence electrons. The summed E-state index contributed by atoms with van der Waals surface area (Å²) in [5, 5.41) is 10.2. The van der Waals surface area contributed by atoms with E-state index in [1.165, 1.54) is 15.8 Å². The van der Waals surface area contributed by atoms with Gasteiger partial charge in [0.15, 0.2) is 0 Å². The van der Waals surface area contributed by atoms with Gasteiger partial charge in [-0.3, -0.25) is 0 Å². The number of nitrogens with zero attached hydrogens (tertiary/aromatic N) is 1. The second-order valence-electron chi connectivity index (χ2n) is 5.53. The quantitative estimate of drug-likeness (QED) is 0.926. The van der Waals surface area contributed by atoms with Crippen molar-refractivity contribution in [2.24, 2.45) is 5.41 Å². The Kier molecular flexibility index (Phi) is 4.22. The molecular formula is C13H19NO4S2. The fraction of sp³-hybridized carbons (Fsp3) is 0.615. The Morgan fingerprint density at radius 3 is 2.50 bits per heavy atom. The zero-order valence-electron chi connectivity index (χ0n) is 11.6. The molecule has 1 fully saturated rings. The minimum Gasteiger partial charge on any atom is -0.478 e. The number of carboxylic acids is 1. The maximum atomic E-state index is 12.5. The van der Waals surface area contributed by atoms with E-state index in [0.717, 1.165) is 30.6 Å². The van der Waals surface area contributed by atoms with Gasteiger partial charge in [0.25, 0.3) is 10.0 Å². The van der Waals surface area contributed by atoms with Crippen LogP contribution in [0.4, 0.5) is 0 Å². The zero-order valence-corrected chi connectivity index (χ0v) is 13.3. The third-order valence-corrected chi connectivity index (χ3v) is 7.51. The maximum Gasteiger partial charge on any atom is 0.336 e. The van der Waals surface area contributed by atoms with Gasteiger partial charge in [-0.15, -0.1) is 11.3 Å². The molecule has 0 spiro atoms. The summed E-state index contributed by atoms with van der Waals surface area (Å²) in [6.07, 6.45) is 2.74. The van der Waals surface area contributed by atoms with E-state index in [1.807, 2.05) is 0 Å². The number of rotatable bonds is 4. The minimum absolute atomic E-state index is 0.0315. The van der Waals surface area contributed by atoms with E-state index in [2.05, 4.69) is 13.8 Å². The van der Waals surface area contributed by atoms with Crippen molar-refractivity contribution in [3.63, 3.8) is 0 Å². The molecule has 0 radical (unpaired) electrons. The molecule has 1 aliphatic heterocycles. The first kappa shape index (κ1) is 15.5. The molecule has 0 unspecified atom stereocenters. The van der Waals surface area contributed by atoms with Gasteiger partial charge >= 0.3 is 5.97 Å². The predicted octanol–water partition coefficient (Wildman–Crippen LogP) is 2.65. The van der Waals surface area contributed by atoms with Crippen LogP contribution in [-0.4, -0.2) is 36.9 Å². The van der Waals surface area contributed by atoms with Crippen LogP contribution < -0.4 is 0 Å². The van der Waals surface area contributed by atoms with Gasteiger partial charge in [-0.2, -0.15) is 4.31 Å². The van der Waals surface area contributed by atoms with E-state index < -0.39 is 16.0 Å². The van der Waals surface area contributed by atoms with Crippen molar-refractivity contribution in [2.45, 2.75) is 37.3 Å². The van der Waals surface area contributed by atoms with Crippen molar-refractivity contribution < 1.29 is 18.3 Å². The number of carbonyl (C=O) groups is 1. The maximum absolute atomic E-state index is 12.5. The highest BCUT2D eigenvalue weighted by Crippen LogP contribution is 2.36. The molecule has 1 aromatic rings. The normalized spacial score (nSPS) is 19.9. The van der Waals surface area contributed by atoms with Crippen LogP contribution in [0.2, 0.25) is 0 Å². The lowest BCUT2D eigenvalue weighted by atomic mass is 9.79. The summed E-state index contributed by atoms with van der Waals surface area (Å²) >= 11 is 0.974. The lowest BCUT2D eigenvalue weighted by Gasteiger charge is -2.37. The zero-order chi connectivity index (χ0) is 15.0. The summed E-state index contributed by atoms with van der Waals surface area (Å²) in [7, 11) is -3.54. The number of thiophene rings is 1. The summed E-state index contributed by atoms with van der Waals surface area (Å²) in [6.45, 7) is 5.33. The average Bonchev–Trinajstić information content (AvgIpc) is 2.90. The van der Waals surface area contributed by atoms with E-state index in [4.69, 9.17) is 5.11 Å². The third-order valence-electron chi connectivity index (χ3n) is 4.20. The molecule has 0 aliphatic carbocycles. The summed E-state index contributed by atoms with van der Waals surface area (Å²) in [4.78, 5) is 10.8. The number of aromatic carboxylic acids is 1. The van der Waals surface area contributed by atoms with Gasteiger partial charge in [0.05, 0.1) is 5.56 Å².